The SMILES string of the molecule is CN(c1ccnc(C(N)=O)c1)C1CCCCC1O. The highest BCUT2D eigenvalue weighted by Gasteiger charge is 2.27. The number of nitrogens with zero attached hydrogens (tertiary/aromatic N) is 2. The molecule has 0 aliphatic heterocycles. The topological polar surface area (TPSA) is 79.5 Å². The van der Waals surface area contributed by atoms with E-state index in [-0.39, 0.29) is 17.8 Å². The van der Waals surface area contributed by atoms with Gasteiger partial charge in [0.15, 0.2) is 0 Å². The van der Waals surface area contributed by atoms with Crippen LogP contribution in [0.3, 0.4) is 0 Å². The molecule has 2 rings (SSSR count). The highest BCUT2D eigenvalue weighted by Crippen LogP contribution is 2.26. The average Bonchev–Trinajstić information content (AvgIpc) is 2.38. The first-order valence-electron chi connectivity index (χ1n) is 6.26. The van der Waals surface area contributed by atoms with E-state index in [1.54, 1.807) is 12.3 Å². The van der Waals surface area contributed by atoms with Crippen molar-refractivity contribution < 1.29 is 9.90 Å². The molecule has 0 saturated heterocycles. The highest BCUT2D eigenvalue weighted by atomic mass is 16.3. The van der Waals surface area contributed by atoms with E-state index in [2.05, 4.69) is 4.98 Å². The zero-order chi connectivity index (χ0) is 13.1. The van der Waals surface area contributed by atoms with Crippen molar-refractivity contribution in [1.82, 2.24) is 4.98 Å². The largest absolute Gasteiger partial charge is 0.391 e. The third-order valence-corrected chi connectivity index (χ3v) is 3.59. The zero-order valence-electron chi connectivity index (χ0n) is 10.5. The summed E-state index contributed by atoms with van der Waals surface area (Å²) < 4.78 is 0. The summed E-state index contributed by atoms with van der Waals surface area (Å²) in [5, 5.41) is 10.0. The van der Waals surface area contributed by atoms with Crippen LogP contribution in [0.15, 0.2) is 18.3 Å². The van der Waals surface area contributed by atoms with Crippen molar-refractivity contribution in [2.24, 2.45) is 5.73 Å². The number of aliphatic hydroxyl groups excluding tert-OH is 1. The van der Waals surface area contributed by atoms with Gasteiger partial charge in [-0.25, -0.2) is 0 Å². The molecule has 1 saturated carbocycles. The van der Waals surface area contributed by atoms with Crippen LogP contribution in [-0.4, -0.2) is 35.2 Å². The summed E-state index contributed by atoms with van der Waals surface area (Å²) in [4.78, 5) is 17.0. The second-order valence-electron chi connectivity index (χ2n) is 4.79. The lowest BCUT2D eigenvalue weighted by Crippen LogP contribution is -2.43. The molecule has 3 N–H and O–H groups in total. The second-order valence-corrected chi connectivity index (χ2v) is 4.79. The Labute approximate surface area is 107 Å². The van der Waals surface area contributed by atoms with Gasteiger partial charge in [0.1, 0.15) is 5.69 Å². The maximum Gasteiger partial charge on any atom is 0.267 e. The monoisotopic (exact) mass is 249 g/mol. The van der Waals surface area contributed by atoms with Crippen LogP contribution in [0.1, 0.15) is 36.2 Å². The van der Waals surface area contributed by atoms with Gasteiger partial charge in [-0.15, -0.1) is 0 Å². The number of rotatable bonds is 3. The molecule has 98 valence electrons. The minimum absolute atomic E-state index is 0.0990. The smallest absolute Gasteiger partial charge is 0.267 e. The van der Waals surface area contributed by atoms with Crippen molar-refractivity contribution in [3.63, 3.8) is 0 Å². The molecule has 1 aromatic rings. The van der Waals surface area contributed by atoms with E-state index >= 15 is 0 Å². The van der Waals surface area contributed by atoms with E-state index < -0.39 is 5.91 Å². The normalized spacial score (nSPS) is 23.7. The van der Waals surface area contributed by atoms with Gasteiger partial charge in [0.2, 0.25) is 0 Å². The number of aliphatic hydroxyl groups is 1. The Morgan fingerprint density at radius 2 is 2.22 bits per heavy atom. The molecule has 0 radical (unpaired) electrons. The molecule has 5 nitrogen and oxygen atoms in total. The van der Waals surface area contributed by atoms with Crippen LogP contribution >= 0.6 is 0 Å². The lowest BCUT2D eigenvalue weighted by atomic mass is 9.91. The van der Waals surface area contributed by atoms with Crippen LogP contribution in [0.5, 0.6) is 0 Å². The van der Waals surface area contributed by atoms with E-state index in [0.29, 0.717) is 0 Å². The number of primary amides is 1. The van der Waals surface area contributed by atoms with E-state index in [1.807, 2.05) is 18.0 Å². The predicted molar refractivity (Wildman–Crippen MR) is 69.4 cm³/mol. The minimum Gasteiger partial charge on any atom is -0.391 e. The van der Waals surface area contributed by atoms with E-state index in [4.69, 9.17) is 5.73 Å². The third kappa shape index (κ3) is 2.61. The summed E-state index contributed by atoms with van der Waals surface area (Å²) in [5.74, 6) is -0.533. The molecule has 18 heavy (non-hydrogen) atoms. The fraction of sp³-hybridized carbons (Fsp3) is 0.538. The fourth-order valence-corrected chi connectivity index (χ4v) is 2.51. The summed E-state index contributed by atoms with van der Waals surface area (Å²) in [7, 11) is 1.93. The van der Waals surface area contributed by atoms with Gasteiger partial charge in [-0.05, 0) is 25.0 Å². The van der Waals surface area contributed by atoms with E-state index in [1.165, 1.54) is 0 Å². The van der Waals surface area contributed by atoms with Crippen LogP contribution in [0.2, 0.25) is 0 Å². The Hall–Kier alpha value is -1.62. The van der Waals surface area contributed by atoms with Crippen LogP contribution < -0.4 is 10.6 Å². The molecule has 2 atom stereocenters. The van der Waals surface area contributed by atoms with Crippen molar-refractivity contribution >= 4 is 11.6 Å². The summed E-state index contributed by atoms with van der Waals surface area (Å²) in [5.41, 5.74) is 6.34. The Morgan fingerprint density at radius 3 is 2.89 bits per heavy atom. The number of hydrogen-bond acceptors (Lipinski definition) is 4. The number of nitrogens with two attached hydrogens (primary N) is 1. The Bertz CT molecular complexity index is 436. The van der Waals surface area contributed by atoms with E-state index in [9.17, 15) is 9.90 Å². The van der Waals surface area contributed by atoms with Crippen molar-refractivity contribution in [3.05, 3.63) is 24.0 Å². The van der Waals surface area contributed by atoms with Gasteiger partial charge in [-0.1, -0.05) is 12.8 Å². The molecule has 1 fully saturated rings. The zero-order valence-corrected chi connectivity index (χ0v) is 10.5. The molecule has 1 heterocycles. The quantitative estimate of drug-likeness (QED) is 0.835. The van der Waals surface area contributed by atoms with Crippen LogP contribution in [0, 0.1) is 0 Å². The Kier molecular flexibility index (Phi) is 3.81. The Balaban J connectivity index is 2.19. The maximum atomic E-state index is 11.1. The van der Waals surface area contributed by atoms with Gasteiger partial charge in [0.05, 0.1) is 12.1 Å². The van der Waals surface area contributed by atoms with Crippen LogP contribution in [-0.2, 0) is 0 Å². The predicted octanol–water partition coefficient (Wildman–Crippen LogP) is 0.920. The van der Waals surface area contributed by atoms with Gasteiger partial charge in [-0.3, -0.25) is 9.78 Å². The van der Waals surface area contributed by atoms with Gasteiger partial charge in [0.25, 0.3) is 5.91 Å². The third-order valence-electron chi connectivity index (χ3n) is 3.59. The van der Waals surface area contributed by atoms with Crippen LogP contribution in [0.25, 0.3) is 0 Å². The number of amides is 1. The lowest BCUT2D eigenvalue weighted by Gasteiger charge is -2.36. The minimum atomic E-state index is -0.533. The maximum absolute atomic E-state index is 11.1. The molecule has 1 aliphatic carbocycles. The Morgan fingerprint density at radius 1 is 1.50 bits per heavy atom. The van der Waals surface area contributed by atoms with Crippen molar-refractivity contribution in [2.75, 3.05) is 11.9 Å². The lowest BCUT2D eigenvalue weighted by molar-refractivity contribution is 0.0995. The standard InChI is InChI=1S/C13H19N3O2/c1-16(11-4-2-3-5-12(11)17)9-6-7-15-10(8-9)13(14)18/h6-8,11-12,17H,2-5H2,1H3,(H2,14,18). The molecule has 1 amide bonds. The summed E-state index contributed by atoms with van der Waals surface area (Å²) in [6, 6.07) is 3.60. The molecule has 0 spiro atoms. The molecule has 0 bridgehead atoms. The first-order valence-corrected chi connectivity index (χ1v) is 6.26. The first kappa shape index (κ1) is 12.8. The average molecular weight is 249 g/mol. The van der Waals surface area contributed by atoms with Gasteiger partial charge < -0.3 is 15.7 Å². The number of pyridine rings is 1. The molecule has 5 heteroatoms. The summed E-state index contributed by atoms with van der Waals surface area (Å²) in [6.45, 7) is 0. The molecule has 1 aliphatic rings. The summed E-state index contributed by atoms with van der Waals surface area (Å²) >= 11 is 0. The second kappa shape index (κ2) is 5.35. The number of hydrogen-bond donors (Lipinski definition) is 2. The van der Waals surface area contributed by atoms with Gasteiger partial charge in [0, 0.05) is 18.9 Å². The first-order chi connectivity index (χ1) is 8.59. The van der Waals surface area contributed by atoms with Gasteiger partial charge in [-0.2, -0.15) is 0 Å². The van der Waals surface area contributed by atoms with Gasteiger partial charge >= 0.3 is 0 Å². The molecule has 0 aromatic carbocycles. The van der Waals surface area contributed by atoms with E-state index in [0.717, 1.165) is 31.4 Å². The van der Waals surface area contributed by atoms with Crippen LogP contribution in [0.4, 0.5) is 5.69 Å². The molecule has 2 unspecified atom stereocenters. The number of carbonyl (C=O) groups is 1. The summed E-state index contributed by atoms with van der Waals surface area (Å²) in [6.07, 6.45) is 5.26. The number of anilines is 1. The van der Waals surface area contributed by atoms with Crippen molar-refractivity contribution in [1.29, 1.82) is 0 Å². The number of likely N-dealkylation sites (N-methyl/N-ethyl adjacent to an activating group) is 1. The highest BCUT2D eigenvalue weighted by molar-refractivity contribution is 5.91. The molecular formula is C13H19N3O2. The molecule has 1 aromatic heterocycles. The van der Waals surface area contributed by atoms with Crippen molar-refractivity contribution in [3.8, 4) is 0 Å². The number of aromatic nitrogens is 1. The van der Waals surface area contributed by atoms with Crippen molar-refractivity contribution in [2.45, 2.75) is 37.8 Å². The molecular weight excluding hydrogens is 230 g/mol. The number of carbonyl (C=O) groups excluding carboxylic acids is 1. The fourth-order valence-electron chi connectivity index (χ4n) is 2.51.